The molecule has 1 aromatic rings. The molecule has 1 rings (SSSR count). The van der Waals surface area contributed by atoms with Gasteiger partial charge in [-0.2, -0.15) is 26.3 Å². The van der Waals surface area contributed by atoms with Gasteiger partial charge in [-0.15, -0.1) is 0 Å². The largest absolute Gasteiger partial charge is 0.508 e. The molecule has 0 heterocycles. The highest BCUT2D eigenvalue weighted by Gasteiger charge is 2.57. The van der Waals surface area contributed by atoms with Gasteiger partial charge in [0, 0.05) is 0 Å². The summed E-state index contributed by atoms with van der Waals surface area (Å²) in [4.78, 5) is 0. The molecule has 7 heteroatoms. The van der Waals surface area contributed by atoms with Gasteiger partial charge in [-0.1, -0.05) is 12.1 Å². The van der Waals surface area contributed by atoms with Crippen LogP contribution in [-0.4, -0.2) is 17.5 Å². The molecule has 0 bridgehead atoms. The van der Waals surface area contributed by atoms with Crippen LogP contribution in [0.15, 0.2) is 24.3 Å². The number of phenolic OH excluding ortho intramolecular Hbond substituents is 1. The van der Waals surface area contributed by atoms with Crippen LogP contribution >= 0.6 is 0 Å². The summed E-state index contributed by atoms with van der Waals surface area (Å²) < 4.78 is 73.4. The Morgan fingerprint density at radius 2 is 1.44 bits per heavy atom. The molecule has 0 aliphatic rings. The van der Waals surface area contributed by atoms with E-state index in [1.165, 1.54) is 0 Å². The van der Waals surface area contributed by atoms with E-state index in [2.05, 4.69) is 0 Å². The van der Waals surface area contributed by atoms with Gasteiger partial charge in [0.2, 0.25) is 0 Å². The van der Waals surface area contributed by atoms with Gasteiger partial charge < -0.3 is 5.11 Å². The Hall–Kier alpha value is -1.40. The lowest BCUT2D eigenvalue weighted by atomic mass is 9.98. The lowest BCUT2D eigenvalue weighted by Gasteiger charge is -2.23. The number of aromatic hydroxyl groups is 1. The first-order chi connectivity index (χ1) is 7.12. The Balaban J connectivity index is 3.23. The zero-order chi connectivity index (χ0) is 12.6. The van der Waals surface area contributed by atoms with E-state index < -0.39 is 29.6 Å². The number of rotatable bonds is 1. The van der Waals surface area contributed by atoms with Crippen LogP contribution in [0.5, 0.6) is 5.75 Å². The van der Waals surface area contributed by atoms with Crippen LogP contribution < -0.4 is 0 Å². The van der Waals surface area contributed by atoms with E-state index in [4.69, 9.17) is 5.11 Å². The molecule has 0 aliphatic carbocycles. The van der Waals surface area contributed by atoms with E-state index >= 15 is 0 Å². The molecule has 0 saturated carbocycles. The Morgan fingerprint density at radius 3 is 1.81 bits per heavy atom. The van der Waals surface area contributed by atoms with Gasteiger partial charge in [0.05, 0.1) is 0 Å². The monoisotopic (exact) mass is 244 g/mol. The molecule has 0 spiro atoms. The minimum Gasteiger partial charge on any atom is -0.508 e. The van der Waals surface area contributed by atoms with Crippen molar-refractivity contribution in [2.24, 2.45) is 0 Å². The average molecular weight is 244 g/mol. The van der Waals surface area contributed by atoms with Gasteiger partial charge in [-0.05, 0) is 17.7 Å². The quantitative estimate of drug-likeness (QED) is 0.748. The lowest BCUT2D eigenvalue weighted by molar-refractivity contribution is -0.253. The van der Waals surface area contributed by atoms with E-state index in [1.807, 2.05) is 0 Å². The second-order valence-corrected chi connectivity index (χ2v) is 3.11. The predicted molar refractivity (Wildman–Crippen MR) is 43.0 cm³/mol. The van der Waals surface area contributed by atoms with Crippen LogP contribution in [0.25, 0.3) is 0 Å². The van der Waals surface area contributed by atoms with Crippen molar-refractivity contribution in [2.75, 3.05) is 0 Å². The Bertz CT molecular complexity index is 353. The molecule has 0 unspecified atom stereocenters. The highest BCUT2D eigenvalue weighted by Crippen LogP contribution is 2.46. The van der Waals surface area contributed by atoms with Crippen LogP contribution in [0.1, 0.15) is 11.5 Å². The summed E-state index contributed by atoms with van der Waals surface area (Å²) in [6.07, 6.45) is -10.9. The van der Waals surface area contributed by atoms with Crippen molar-refractivity contribution >= 4 is 0 Å². The highest BCUT2D eigenvalue weighted by molar-refractivity contribution is 5.31. The second-order valence-electron chi connectivity index (χ2n) is 3.11. The van der Waals surface area contributed by atoms with E-state index in [0.29, 0.717) is 12.1 Å². The summed E-state index contributed by atoms with van der Waals surface area (Å²) >= 11 is 0. The Kier molecular flexibility index (Phi) is 3.07. The first-order valence-electron chi connectivity index (χ1n) is 4.04. The average Bonchev–Trinajstić information content (AvgIpc) is 1.97. The minimum absolute atomic E-state index is 0.450. The maximum Gasteiger partial charge on any atom is 0.404 e. The van der Waals surface area contributed by atoms with Gasteiger partial charge >= 0.3 is 12.4 Å². The van der Waals surface area contributed by atoms with Gasteiger partial charge in [-0.3, -0.25) is 0 Å². The number of hydrogen-bond donors (Lipinski definition) is 1. The molecule has 0 aliphatic heterocycles. The fourth-order valence-corrected chi connectivity index (χ4v) is 1.27. The van der Waals surface area contributed by atoms with Crippen LogP contribution in [0.2, 0.25) is 0 Å². The zero-order valence-corrected chi connectivity index (χ0v) is 7.60. The van der Waals surface area contributed by atoms with Gasteiger partial charge in [-0.25, -0.2) is 0 Å². The van der Waals surface area contributed by atoms with Crippen LogP contribution in [-0.2, 0) is 0 Å². The molecule has 1 aromatic carbocycles. The summed E-state index contributed by atoms with van der Waals surface area (Å²) in [5, 5.41) is 8.86. The first-order valence-corrected chi connectivity index (χ1v) is 4.04. The molecule has 16 heavy (non-hydrogen) atoms. The lowest BCUT2D eigenvalue weighted by Crippen LogP contribution is -2.34. The maximum absolute atomic E-state index is 12.2. The van der Waals surface area contributed by atoms with Crippen molar-refractivity contribution in [1.82, 2.24) is 0 Å². The van der Waals surface area contributed by atoms with Crippen molar-refractivity contribution in [1.29, 1.82) is 0 Å². The van der Waals surface area contributed by atoms with Crippen LogP contribution in [0.4, 0.5) is 26.3 Å². The fourth-order valence-electron chi connectivity index (χ4n) is 1.27. The molecule has 90 valence electrons. The molecular weight excluding hydrogens is 238 g/mol. The topological polar surface area (TPSA) is 20.2 Å². The summed E-state index contributed by atoms with van der Waals surface area (Å²) in [6.45, 7) is 0. The molecule has 1 N–H and O–H groups in total. The normalized spacial score (nSPS) is 13.2. The SMILES string of the molecule is Oc1cccc(C(C(F)(F)F)C(F)(F)F)c1. The Labute approximate surface area is 86.3 Å². The van der Waals surface area contributed by atoms with Crippen molar-refractivity contribution in [3.05, 3.63) is 29.8 Å². The van der Waals surface area contributed by atoms with Crippen molar-refractivity contribution in [2.45, 2.75) is 18.3 Å². The van der Waals surface area contributed by atoms with Crippen molar-refractivity contribution in [3.63, 3.8) is 0 Å². The summed E-state index contributed by atoms with van der Waals surface area (Å²) in [6, 6.07) is 3.04. The summed E-state index contributed by atoms with van der Waals surface area (Å²) in [5.74, 6) is -4.22. The Morgan fingerprint density at radius 1 is 0.938 bits per heavy atom. The number of halogens is 6. The molecule has 0 atom stereocenters. The molecule has 1 nitrogen and oxygen atoms in total. The maximum atomic E-state index is 12.2. The number of alkyl halides is 6. The first kappa shape index (κ1) is 12.7. The molecule has 0 radical (unpaired) electrons. The van der Waals surface area contributed by atoms with Crippen molar-refractivity contribution < 1.29 is 31.4 Å². The second kappa shape index (κ2) is 3.88. The third-order valence-corrected chi connectivity index (χ3v) is 1.86. The molecule has 0 amide bonds. The van der Waals surface area contributed by atoms with E-state index in [1.54, 1.807) is 0 Å². The molecule has 0 aromatic heterocycles. The third-order valence-electron chi connectivity index (χ3n) is 1.86. The summed E-state index contributed by atoms with van der Waals surface area (Å²) in [5.41, 5.74) is -1.03. The zero-order valence-electron chi connectivity index (χ0n) is 7.60. The van der Waals surface area contributed by atoms with Crippen molar-refractivity contribution in [3.8, 4) is 5.75 Å². The fraction of sp³-hybridized carbons (Fsp3) is 0.333. The van der Waals surface area contributed by atoms with E-state index in [-0.39, 0.29) is 0 Å². The van der Waals surface area contributed by atoms with E-state index in [0.717, 1.165) is 12.1 Å². The molecule has 0 fully saturated rings. The van der Waals surface area contributed by atoms with Gasteiger partial charge in [0.15, 0.2) is 5.92 Å². The van der Waals surface area contributed by atoms with Gasteiger partial charge in [0.1, 0.15) is 5.75 Å². The third kappa shape index (κ3) is 2.80. The number of benzene rings is 1. The molecular formula is C9H6F6O. The van der Waals surface area contributed by atoms with E-state index in [9.17, 15) is 26.3 Å². The number of phenols is 1. The predicted octanol–water partition coefficient (Wildman–Crippen LogP) is 3.60. The smallest absolute Gasteiger partial charge is 0.404 e. The highest BCUT2D eigenvalue weighted by atomic mass is 19.4. The van der Waals surface area contributed by atoms with Gasteiger partial charge in [0.25, 0.3) is 0 Å². The van der Waals surface area contributed by atoms with Crippen LogP contribution in [0, 0.1) is 0 Å². The molecule has 0 saturated heterocycles. The summed E-state index contributed by atoms with van der Waals surface area (Å²) in [7, 11) is 0. The standard InChI is InChI=1S/C9H6F6O/c10-8(11,12)7(9(13,14)15)5-2-1-3-6(16)4-5/h1-4,7,16H. The number of hydrogen-bond acceptors (Lipinski definition) is 1. The minimum atomic E-state index is -5.44. The van der Waals surface area contributed by atoms with Crippen LogP contribution in [0.3, 0.4) is 0 Å².